The van der Waals surface area contributed by atoms with Crippen molar-refractivity contribution in [1.29, 1.82) is 0 Å². The molecule has 4 nitrogen and oxygen atoms in total. The fourth-order valence-electron chi connectivity index (χ4n) is 0. The van der Waals surface area contributed by atoms with E-state index in [-0.39, 0.29) is 89.3 Å². The van der Waals surface area contributed by atoms with Gasteiger partial charge in [0.25, 0.3) is 0 Å². The van der Waals surface area contributed by atoms with Gasteiger partial charge < -0.3 is 21.9 Å². The molecule has 0 amide bonds. The third-order valence-corrected chi connectivity index (χ3v) is 0. The van der Waals surface area contributed by atoms with Crippen LogP contribution in [0.25, 0.3) is 0 Å². The second kappa shape index (κ2) is 156. The van der Waals surface area contributed by atoms with E-state index in [0.29, 0.717) is 0 Å². The molecule has 0 aromatic heterocycles. The van der Waals surface area contributed by atoms with E-state index >= 15 is 0 Å². The minimum Gasteiger partial charge on any atom is -2.00 e. The van der Waals surface area contributed by atoms with Crippen LogP contribution in [0.15, 0.2) is 0 Å². The molecule has 0 heterocycles. The second-order valence-corrected chi connectivity index (χ2v) is 0. The Kier molecular flexibility index (Phi) is 4310. The van der Waals surface area contributed by atoms with Gasteiger partial charge in [-0.05, 0) is 0 Å². The third-order valence-electron chi connectivity index (χ3n) is 0. The van der Waals surface area contributed by atoms with Crippen LogP contribution in [0.3, 0.4) is 0 Å². The molecule has 0 aromatic carbocycles. The van der Waals surface area contributed by atoms with Crippen molar-refractivity contribution in [2.24, 2.45) is 0 Å². The summed E-state index contributed by atoms with van der Waals surface area (Å²) in [6.07, 6.45) is 0. The van der Waals surface area contributed by atoms with Crippen LogP contribution in [-0.4, -0.2) is 0 Å². The quantitative estimate of drug-likeness (QED) is 0.537. The van der Waals surface area contributed by atoms with Crippen LogP contribution in [0.4, 0.5) is 0 Å². The van der Waals surface area contributed by atoms with Gasteiger partial charge in [0, 0.05) is 0 Å². The molecule has 0 rings (SSSR count). The molecule has 3 radical (unpaired) electrons. The Hall–Kier alpha value is 1.88. The fraction of sp³-hybridized carbons (Fsp3) is 0. The maximum absolute atomic E-state index is 0. The molecule has 0 aromatic rings. The van der Waals surface area contributed by atoms with Crippen LogP contribution < -0.4 is 0 Å². The maximum Gasteiger partial charge on any atom is 2.00 e. The van der Waals surface area contributed by atoms with Crippen molar-refractivity contribution in [3.05, 3.63) is 0 Å². The summed E-state index contributed by atoms with van der Waals surface area (Å²) in [6.45, 7) is 0. The summed E-state index contributed by atoms with van der Waals surface area (Å²) in [4.78, 5) is 0. The van der Waals surface area contributed by atoms with Crippen molar-refractivity contribution in [1.82, 2.24) is 0 Å². The minimum absolute atomic E-state index is 0. The zero-order valence-electron chi connectivity index (χ0n) is 2.96. The zero-order chi connectivity index (χ0) is 0. The first kappa shape index (κ1) is 221. The molecule has 8 heteroatoms. The maximum atomic E-state index is 0. The fourth-order valence-corrected chi connectivity index (χ4v) is 0. The summed E-state index contributed by atoms with van der Waals surface area (Å²) in [5, 5.41) is 0. The SMILES string of the molecule is [Co+2].[Cu+2].[Mn+2].[Ni+2].[O-2].[O-2].[O-2].[O-2]. The van der Waals surface area contributed by atoms with E-state index < -0.39 is 0 Å². The first-order valence-electron chi connectivity index (χ1n) is 0. The molecule has 0 saturated carbocycles. The smallest absolute Gasteiger partial charge is 2.00 e. The molecule has 0 atom stereocenters. The number of rotatable bonds is 0. The molecule has 0 fully saturated rings. The monoisotopic (exact) mass is 299 g/mol. The molecule has 0 aliphatic carbocycles. The van der Waals surface area contributed by atoms with Crippen molar-refractivity contribution in [2.45, 2.75) is 0 Å². The summed E-state index contributed by atoms with van der Waals surface area (Å²) in [7, 11) is 0. The molecule has 61 valence electrons. The molecule has 8 heavy (non-hydrogen) atoms. The summed E-state index contributed by atoms with van der Waals surface area (Å²) in [5.41, 5.74) is 0. The summed E-state index contributed by atoms with van der Waals surface area (Å²) in [5.74, 6) is 0. The molecule has 0 N–H and O–H groups in total. The average Bonchev–Trinajstić information content (AvgIpc) is 0. The van der Waals surface area contributed by atoms with Gasteiger partial charge in [0.2, 0.25) is 0 Å². The summed E-state index contributed by atoms with van der Waals surface area (Å²) >= 11 is 0. The molecular formula is CoCuMnNiO4. The van der Waals surface area contributed by atoms with Crippen molar-refractivity contribution < 1.29 is 89.3 Å². The Morgan fingerprint density at radius 1 is 0.625 bits per heavy atom. The van der Waals surface area contributed by atoms with Gasteiger partial charge in [-0.25, -0.2) is 0 Å². The van der Waals surface area contributed by atoms with Crippen LogP contribution >= 0.6 is 0 Å². The molecule has 0 aliphatic rings. The predicted molar refractivity (Wildman–Crippen MR) is 2.75 cm³/mol. The van der Waals surface area contributed by atoms with E-state index in [0.717, 1.165) is 0 Å². The zero-order valence-corrected chi connectivity index (χ0v) is 7.11. The van der Waals surface area contributed by atoms with Crippen LogP contribution in [-0.2, 0) is 89.3 Å². The normalized spacial score (nSPS) is 0. The molecule has 0 saturated heterocycles. The molecule has 0 spiro atoms. The van der Waals surface area contributed by atoms with Gasteiger partial charge in [-0.2, -0.15) is 0 Å². The molecule has 0 aliphatic heterocycles. The van der Waals surface area contributed by atoms with E-state index in [1.54, 1.807) is 0 Å². The van der Waals surface area contributed by atoms with Crippen LogP contribution in [0.2, 0.25) is 0 Å². The van der Waals surface area contributed by atoms with Crippen LogP contribution in [0, 0.1) is 0 Å². The molecule has 0 unspecified atom stereocenters. The van der Waals surface area contributed by atoms with E-state index in [2.05, 4.69) is 0 Å². The largest absolute Gasteiger partial charge is 2.00 e. The van der Waals surface area contributed by atoms with Gasteiger partial charge >= 0.3 is 67.4 Å². The number of hydrogen-bond acceptors (Lipinski definition) is 0. The Bertz CT molecular complexity index is 16.0. The third kappa shape index (κ3) is 106. The number of hydrogen-bond donors (Lipinski definition) is 0. The van der Waals surface area contributed by atoms with E-state index in [4.69, 9.17) is 0 Å². The van der Waals surface area contributed by atoms with E-state index in [1.165, 1.54) is 0 Å². The van der Waals surface area contributed by atoms with Crippen LogP contribution in [0.1, 0.15) is 0 Å². The predicted octanol–water partition coefficient (Wildman–Crippen LogP) is -0.485. The first-order chi connectivity index (χ1) is 0. The van der Waals surface area contributed by atoms with Gasteiger partial charge in [0.05, 0.1) is 0 Å². The van der Waals surface area contributed by atoms with E-state index in [9.17, 15) is 0 Å². The average molecular weight is 300 g/mol. The van der Waals surface area contributed by atoms with Crippen molar-refractivity contribution in [2.75, 3.05) is 0 Å². The first-order valence-corrected chi connectivity index (χ1v) is 0. The van der Waals surface area contributed by atoms with Crippen molar-refractivity contribution in [3.63, 3.8) is 0 Å². The van der Waals surface area contributed by atoms with Gasteiger partial charge in [-0.3, -0.25) is 0 Å². The molecular weight excluding hydrogens is 300 g/mol. The Labute approximate surface area is 88.8 Å². The summed E-state index contributed by atoms with van der Waals surface area (Å²) in [6, 6.07) is 0. The van der Waals surface area contributed by atoms with Gasteiger partial charge in [0.15, 0.2) is 0 Å². The topological polar surface area (TPSA) is 114 Å². The standard InChI is InChI=1S/Co.Cu.Mn.Ni.4O/q4*+2;4*-2. The van der Waals surface area contributed by atoms with Gasteiger partial charge in [-0.1, -0.05) is 0 Å². The van der Waals surface area contributed by atoms with Crippen molar-refractivity contribution >= 4 is 0 Å². The summed E-state index contributed by atoms with van der Waals surface area (Å²) < 4.78 is 0. The second-order valence-electron chi connectivity index (χ2n) is 0. The minimum atomic E-state index is 0. The Balaban J connectivity index is 0. The Morgan fingerprint density at radius 2 is 0.625 bits per heavy atom. The van der Waals surface area contributed by atoms with E-state index in [1.807, 2.05) is 0 Å². The van der Waals surface area contributed by atoms with Gasteiger partial charge in [-0.15, -0.1) is 0 Å². The van der Waals surface area contributed by atoms with Crippen molar-refractivity contribution in [3.8, 4) is 0 Å². The molecule has 0 bridgehead atoms. The van der Waals surface area contributed by atoms with Gasteiger partial charge in [0.1, 0.15) is 0 Å². The van der Waals surface area contributed by atoms with Crippen LogP contribution in [0.5, 0.6) is 0 Å². The Morgan fingerprint density at radius 3 is 0.625 bits per heavy atom.